The van der Waals surface area contributed by atoms with E-state index in [0.717, 1.165) is 31.9 Å². The second-order valence-corrected chi connectivity index (χ2v) is 7.12. The number of nitrogens with zero attached hydrogens (tertiary/aromatic N) is 2. The largest absolute Gasteiger partial charge is 0.492 e. The van der Waals surface area contributed by atoms with E-state index in [1.807, 2.05) is 35.2 Å². The number of carbonyl (C=O) groups is 1. The minimum absolute atomic E-state index is 0.0118. The Labute approximate surface area is 161 Å². The molecule has 5 nitrogen and oxygen atoms in total. The SMILES string of the molecule is CC(C)c1cccc(OCCNC(=O)N2CCN(c3ccccc3)CC2)c1. The first kappa shape index (κ1) is 19.1. The van der Waals surface area contributed by atoms with Crippen LogP contribution in [-0.2, 0) is 0 Å². The number of nitrogens with one attached hydrogen (secondary N) is 1. The van der Waals surface area contributed by atoms with Gasteiger partial charge in [-0.1, -0.05) is 44.2 Å². The van der Waals surface area contributed by atoms with Crippen molar-refractivity contribution < 1.29 is 9.53 Å². The zero-order chi connectivity index (χ0) is 19.1. The molecule has 5 heteroatoms. The molecule has 1 heterocycles. The van der Waals surface area contributed by atoms with E-state index in [4.69, 9.17) is 4.74 Å². The van der Waals surface area contributed by atoms with E-state index in [9.17, 15) is 4.79 Å². The number of benzene rings is 2. The van der Waals surface area contributed by atoms with E-state index in [-0.39, 0.29) is 6.03 Å². The van der Waals surface area contributed by atoms with Gasteiger partial charge in [0.1, 0.15) is 12.4 Å². The van der Waals surface area contributed by atoms with Crippen molar-refractivity contribution in [2.75, 3.05) is 44.2 Å². The summed E-state index contributed by atoms with van der Waals surface area (Å²) in [4.78, 5) is 16.5. The highest BCUT2D eigenvalue weighted by atomic mass is 16.5. The quantitative estimate of drug-likeness (QED) is 0.792. The third-order valence-electron chi connectivity index (χ3n) is 4.86. The van der Waals surface area contributed by atoms with Crippen molar-refractivity contribution in [3.63, 3.8) is 0 Å². The molecule has 1 aliphatic rings. The number of piperazine rings is 1. The van der Waals surface area contributed by atoms with Gasteiger partial charge < -0.3 is 19.9 Å². The Morgan fingerprint density at radius 1 is 1.04 bits per heavy atom. The van der Waals surface area contributed by atoms with Crippen LogP contribution in [0.2, 0.25) is 0 Å². The number of urea groups is 1. The molecule has 144 valence electrons. The number of carbonyl (C=O) groups excluding carboxylic acids is 1. The van der Waals surface area contributed by atoms with Gasteiger partial charge >= 0.3 is 6.03 Å². The first-order valence-corrected chi connectivity index (χ1v) is 9.69. The predicted molar refractivity (Wildman–Crippen MR) is 110 cm³/mol. The van der Waals surface area contributed by atoms with Gasteiger partial charge in [0.25, 0.3) is 0 Å². The van der Waals surface area contributed by atoms with Gasteiger partial charge in [-0.2, -0.15) is 0 Å². The molecule has 1 fully saturated rings. The minimum Gasteiger partial charge on any atom is -0.492 e. The normalized spacial score (nSPS) is 14.3. The van der Waals surface area contributed by atoms with Crippen molar-refractivity contribution in [2.24, 2.45) is 0 Å². The maximum absolute atomic E-state index is 12.3. The fraction of sp³-hybridized carbons (Fsp3) is 0.409. The average Bonchev–Trinajstić information content (AvgIpc) is 2.72. The van der Waals surface area contributed by atoms with Crippen LogP contribution in [0.5, 0.6) is 5.75 Å². The molecule has 2 aromatic rings. The van der Waals surface area contributed by atoms with Crippen molar-refractivity contribution in [1.82, 2.24) is 10.2 Å². The van der Waals surface area contributed by atoms with Gasteiger partial charge in [0.05, 0.1) is 6.54 Å². The minimum atomic E-state index is -0.0118. The van der Waals surface area contributed by atoms with Gasteiger partial charge in [-0.3, -0.25) is 0 Å². The van der Waals surface area contributed by atoms with Crippen LogP contribution in [0.15, 0.2) is 54.6 Å². The molecule has 0 bridgehead atoms. The zero-order valence-corrected chi connectivity index (χ0v) is 16.2. The number of hydrogen-bond acceptors (Lipinski definition) is 3. The molecule has 1 saturated heterocycles. The molecule has 0 aliphatic carbocycles. The Morgan fingerprint density at radius 3 is 2.48 bits per heavy atom. The highest BCUT2D eigenvalue weighted by molar-refractivity contribution is 5.74. The Balaban J connectivity index is 1.37. The van der Waals surface area contributed by atoms with Crippen LogP contribution in [0, 0.1) is 0 Å². The molecule has 27 heavy (non-hydrogen) atoms. The lowest BCUT2D eigenvalue weighted by atomic mass is 10.0. The zero-order valence-electron chi connectivity index (χ0n) is 16.2. The second kappa shape index (κ2) is 9.31. The van der Waals surface area contributed by atoms with Crippen molar-refractivity contribution in [2.45, 2.75) is 19.8 Å². The molecule has 1 N–H and O–H groups in total. The van der Waals surface area contributed by atoms with Gasteiger partial charge in [0, 0.05) is 31.9 Å². The lowest BCUT2D eigenvalue weighted by Gasteiger charge is -2.36. The fourth-order valence-corrected chi connectivity index (χ4v) is 3.21. The molecule has 3 rings (SSSR count). The Kier molecular flexibility index (Phi) is 6.58. The standard InChI is InChI=1S/C22H29N3O2/c1-18(2)19-7-6-10-21(17-19)27-16-11-23-22(26)25-14-12-24(13-15-25)20-8-4-3-5-9-20/h3-10,17-18H,11-16H2,1-2H3,(H,23,26). The number of rotatable bonds is 6. The molecule has 0 spiro atoms. The fourth-order valence-electron chi connectivity index (χ4n) is 3.21. The second-order valence-electron chi connectivity index (χ2n) is 7.12. The highest BCUT2D eigenvalue weighted by Gasteiger charge is 2.20. The van der Waals surface area contributed by atoms with Crippen molar-refractivity contribution in [1.29, 1.82) is 0 Å². The summed E-state index contributed by atoms with van der Waals surface area (Å²) in [6.07, 6.45) is 0. The lowest BCUT2D eigenvalue weighted by molar-refractivity contribution is 0.191. The van der Waals surface area contributed by atoms with Crippen LogP contribution in [0.1, 0.15) is 25.3 Å². The monoisotopic (exact) mass is 367 g/mol. The summed E-state index contributed by atoms with van der Waals surface area (Å²) in [6, 6.07) is 18.5. The van der Waals surface area contributed by atoms with Crippen molar-refractivity contribution in [3.8, 4) is 5.75 Å². The number of anilines is 1. The van der Waals surface area contributed by atoms with E-state index in [1.54, 1.807) is 0 Å². The van der Waals surface area contributed by atoms with Crippen LogP contribution in [0.4, 0.5) is 10.5 Å². The van der Waals surface area contributed by atoms with E-state index >= 15 is 0 Å². The molecular weight excluding hydrogens is 338 g/mol. The molecule has 2 amide bonds. The van der Waals surface area contributed by atoms with E-state index < -0.39 is 0 Å². The molecular formula is C22H29N3O2. The smallest absolute Gasteiger partial charge is 0.317 e. The molecule has 0 saturated carbocycles. The third kappa shape index (κ3) is 5.39. The summed E-state index contributed by atoms with van der Waals surface area (Å²) < 4.78 is 5.77. The summed E-state index contributed by atoms with van der Waals surface area (Å²) in [6.45, 7) is 8.48. The topological polar surface area (TPSA) is 44.8 Å². The molecule has 2 aromatic carbocycles. The van der Waals surface area contributed by atoms with Crippen molar-refractivity contribution >= 4 is 11.7 Å². The maximum atomic E-state index is 12.3. The van der Waals surface area contributed by atoms with E-state index in [0.29, 0.717) is 19.1 Å². The van der Waals surface area contributed by atoms with Crippen LogP contribution in [0.25, 0.3) is 0 Å². The molecule has 1 aliphatic heterocycles. The van der Waals surface area contributed by atoms with E-state index in [2.05, 4.69) is 48.3 Å². The predicted octanol–water partition coefficient (Wildman–Crippen LogP) is 3.72. The first-order valence-electron chi connectivity index (χ1n) is 9.69. The van der Waals surface area contributed by atoms with Gasteiger partial charge in [0.15, 0.2) is 0 Å². The van der Waals surface area contributed by atoms with Crippen LogP contribution in [-0.4, -0.2) is 50.3 Å². The summed E-state index contributed by atoms with van der Waals surface area (Å²) in [5.41, 5.74) is 2.47. The number of ether oxygens (including phenoxy) is 1. The lowest BCUT2D eigenvalue weighted by Crippen LogP contribution is -2.52. The van der Waals surface area contributed by atoms with Gasteiger partial charge in [-0.15, -0.1) is 0 Å². The van der Waals surface area contributed by atoms with E-state index in [1.165, 1.54) is 11.3 Å². The summed E-state index contributed by atoms with van der Waals surface area (Å²) in [7, 11) is 0. The Bertz CT molecular complexity index is 725. The first-order chi connectivity index (χ1) is 13.1. The maximum Gasteiger partial charge on any atom is 0.317 e. The van der Waals surface area contributed by atoms with Gasteiger partial charge in [-0.05, 0) is 35.7 Å². The summed E-state index contributed by atoms with van der Waals surface area (Å²) in [5, 5.41) is 2.96. The number of amides is 2. The Morgan fingerprint density at radius 2 is 1.78 bits per heavy atom. The van der Waals surface area contributed by atoms with Gasteiger partial charge in [0.2, 0.25) is 0 Å². The number of hydrogen-bond donors (Lipinski definition) is 1. The van der Waals surface area contributed by atoms with Crippen LogP contribution < -0.4 is 15.0 Å². The Hall–Kier alpha value is -2.69. The summed E-state index contributed by atoms with van der Waals surface area (Å²) in [5.74, 6) is 1.33. The van der Waals surface area contributed by atoms with Crippen LogP contribution >= 0.6 is 0 Å². The molecule has 0 atom stereocenters. The molecule has 0 unspecified atom stereocenters. The van der Waals surface area contributed by atoms with Crippen molar-refractivity contribution in [3.05, 3.63) is 60.2 Å². The summed E-state index contributed by atoms with van der Waals surface area (Å²) >= 11 is 0. The molecule has 0 radical (unpaired) electrons. The molecule has 0 aromatic heterocycles. The average molecular weight is 367 g/mol. The number of para-hydroxylation sites is 1. The van der Waals surface area contributed by atoms with Crippen LogP contribution in [0.3, 0.4) is 0 Å². The highest BCUT2D eigenvalue weighted by Crippen LogP contribution is 2.20. The third-order valence-corrected chi connectivity index (χ3v) is 4.86. The van der Waals surface area contributed by atoms with Gasteiger partial charge in [-0.25, -0.2) is 4.79 Å².